The number of H-pyrrole nitrogens is 1. The van der Waals surface area contributed by atoms with Crippen molar-refractivity contribution in [3.63, 3.8) is 0 Å². The summed E-state index contributed by atoms with van der Waals surface area (Å²) in [5.41, 5.74) is 0.456. The molecule has 126 valence electrons. The third-order valence-corrected chi connectivity index (χ3v) is 5.82. The lowest BCUT2D eigenvalue weighted by molar-refractivity contribution is 0.400. The topological polar surface area (TPSA) is 123 Å². The van der Waals surface area contributed by atoms with Crippen molar-refractivity contribution in [2.75, 3.05) is 0 Å². The van der Waals surface area contributed by atoms with Crippen LogP contribution in [0.15, 0.2) is 32.6 Å². The molecule has 9 nitrogen and oxygen atoms in total. The molecule has 24 heavy (non-hydrogen) atoms. The molecule has 0 saturated carbocycles. The number of benzene rings is 1. The molecule has 11 heteroatoms. The van der Waals surface area contributed by atoms with Crippen molar-refractivity contribution < 1.29 is 12.8 Å². The summed E-state index contributed by atoms with van der Waals surface area (Å²) in [6, 6.07) is 2.08. The quantitative estimate of drug-likeness (QED) is 0.714. The van der Waals surface area contributed by atoms with Gasteiger partial charge in [-0.15, -0.1) is 0 Å². The largest absolute Gasteiger partial charge is 0.417 e. The van der Waals surface area contributed by atoms with Crippen molar-refractivity contribution in [2.45, 2.75) is 30.3 Å². The highest BCUT2D eigenvalue weighted by Crippen LogP contribution is 2.29. The molecule has 0 radical (unpaired) electrons. The van der Waals surface area contributed by atoms with Crippen LogP contribution in [0.25, 0.3) is 11.1 Å². The van der Waals surface area contributed by atoms with E-state index in [1.807, 2.05) is 0 Å². The molecule has 4 rings (SSSR count). The lowest BCUT2D eigenvalue weighted by Gasteiger charge is -2.23. The fourth-order valence-corrected chi connectivity index (χ4v) is 4.58. The molecule has 1 atom stereocenters. The first-order valence-electron chi connectivity index (χ1n) is 7.16. The first-order valence-corrected chi connectivity index (χ1v) is 9.02. The Labute approximate surface area is 140 Å². The molecule has 0 spiro atoms. The molecule has 0 bridgehead atoms. The third-order valence-electron chi connectivity index (χ3n) is 3.88. The fourth-order valence-electron chi connectivity index (χ4n) is 2.81. The molecule has 3 aromatic rings. The number of hydrogen-bond acceptors (Lipinski definition) is 6. The van der Waals surface area contributed by atoms with E-state index in [9.17, 15) is 13.2 Å². The maximum atomic E-state index is 12.7. The highest BCUT2D eigenvalue weighted by Gasteiger charge is 2.29. The zero-order valence-corrected chi connectivity index (χ0v) is 13.8. The van der Waals surface area contributed by atoms with E-state index in [0.717, 1.165) is 6.42 Å². The molecule has 2 aromatic heterocycles. The van der Waals surface area contributed by atoms with Crippen LogP contribution >= 0.6 is 11.6 Å². The van der Waals surface area contributed by atoms with Gasteiger partial charge in [0.25, 0.3) is 0 Å². The predicted octanol–water partition coefficient (Wildman–Crippen LogP) is 1.18. The van der Waals surface area contributed by atoms with Gasteiger partial charge in [-0.25, -0.2) is 27.6 Å². The molecule has 2 N–H and O–H groups in total. The van der Waals surface area contributed by atoms with Gasteiger partial charge in [-0.05, 0) is 18.9 Å². The van der Waals surface area contributed by atoms with Crippen LogP contribution in [0.3, 0.4) is 0 Å². The Morgan fingerprint density at radius 3 is 3.08 bits per heavy atom. The molecule has 0 amide bonds. The zero-order chi connectivity index (χ0) is 16.9. The van der Waals surface area contributed by atoms with Gasteiger partial charge in [-0.1, -0.05) is 11.6 Å². The minimum absolute atomic E-state index is 0.00988. The van der Waals surface area contributed by atoms with Crippen molar-refractivity contribution in [1.29, 1.82) is 0 Å². The molecule has 1 aliphatic rings. The van der Waals surface area contributed by atoms with Crippen LogP contribution in [0, 0.1) is 0 Å². The second kappa shape index (κ2) is 5.43. The summed E-state index contributed by atoms with van der Waals surface area (Å²) in [6.45, 7) is 0.703. The number of rotatable bonds is 3. The summed E-state index contributed by atoms with van der Waals surface area (Å²) in [5, 5.41) is 4.05. The van der Waals surface area contributed by atoms with Gasteiger partial charge in [0.1, 0.15) is 17.0 Å². The predicted molar refractivity (Wildman–Crippen MR) is 84.2 cm³/mol. The van der Waals surface area contributed by atoms with Crippen LogP contribution < -0.4 is 10.5 Å². The van der Waals surface area contributed by atoms with Crippen LogP contribution in [0.4, 0.5) is 0 Å². The van der Waals surface area contributed by atoms with Crippen LogP contribution in [0.2, 0.25) is 5.02 Å². The second-order valence-electron chi connectivity index (χ2n) is 5.45. The maximum absolute atomic E-state index is 12.7. The lowest BCUT2D eigenvalue weighted by atomic mass is 10.1. The SMILES string of the molecule is O=c1[nH]c2cc(Cl)c(S(=O)(=O)NC3CCCn4ncnc43)cc2o1. The van der Waals surface area contributed by atoms with Crippen molar-refractivity contribution in [1.82, 2.24) is 24.5 Å². The highest BCUT2D eigenvalue weighted by atomic mass is 35.5. The number of aryl methyl sites for hydroxylation is 1. The van der Waals surface area contributed by atoms with E-state index in [-0.39, 0.29) is 15.5 Å². The third kappa shape index (κ3) is 2.52. The molecule has 0 fully saturated rings. The normalized spacial score (nSPS) is 18.0. The van der Waals surface area contributed by atoms with Gasteiger partial charge in [-0.3, -0.25) is 4.98 Å². The van der Waals surface area contributed by atoms with E-state index in [1.165, 1.54) is 18.5 Å². The second-order valence-corrected chi connectivity index (χ2v) is 7.54. The van der Waals surface area contributed by atoms with Gasteiger partial charge in [0.15, 0.2) is 5.58 Å². The minimum Gasteiger partial charge on any atom is -0.408 e. The van der Waals surface area contributed by atoms with Crippen LogP contribution in [0.1, 0.15) is 24.7 Å². The van der Waals surface area contributed by atoms with Crippen molar-refractivity contribution in [2.24, 2.45) is 0 Å². The number of aromatic nitrogens is 4. The van der Waals surface area contributed by atoms with Gasteiger partial charge in [0, 0.05) is 12.6 Å². The van der Waals surface area contributed by atoms with E-state index in [2.05, 4.69) is 19.8 Å². The number of nitrogens with one attached hydrogen (secondary N) is 2. The summed E-state index contributed by atoms with van der Waals surface area (Å²) in [7, 11) is -3.93. The number of fused-ring (bicyclic) bond motifs is 2. The van der Waals surface area contributed by atoms with E-state index < -0.39 is 21.8 Å². The highest BCUT2D eigenvalue weighted by molar-refractivity contribution is 7.89. The number of sulfonamides is 1. The van der Waals surface area contributed by atoms with Crippen LogP contribution in [-0.2, 0) is 16.6 Å². The van der Waals surface area contributed by atoms with Gasteiger partial charge >= 0.3 is 5.76 Å². The number of nitrogens with zero attached hydrogens (tertiary/aromatic N) is 3. The molecular weight excluding hydrogens is 358 g/mol. The van der Waals surface area contributed by atoms with Gasteiger partial charge in [0.2, 0.25) is 10.0 Å². The fraction of sp³-hybridized carbons (Fsp3) is 0.308. The lowest BCUT2D eigenvalue weighted by Crippen LogP contribution is -2.33. The maximum Gasteiger partial charge on any atom is 0.417 e. The average Bonchev–Trinajstić information content (AvgIpc) is 3.11. The van der Waals surface area contributed by atoms with E-state index in [0.29, 0.717) is 24.3 Å². The number of hydrogen-bond donors (Lipinski definition) is 2. The first-order chi connectivity index (χ1) is 11.4. The monoisotopic (exact) mass is 369 g/mol. The number of aromatic amines is 1. The molecule has 1 aromatic carbocycles. The Morgan fingerprint density at radius 2 is 2.25 bits per heavy atom. The van der Waals surface area contributed by atoms with Crippen molar-refractivity contribution >= 4 is 32.7 Å². The van der Waals surface area contributed by atoms with Gasteiger partial charge in [0.05, 0.1) is 16.6 Å². The molecule has 1 unspecified atom stereocenters. The summed E-state index contributed by atoms with van der Waals surface area (Å²) in [5.74, 6) is -0.112. The van der Waals surface area contributed by atoms with Gasteiger partial charge in [-0.2, -0.15) is 5.10 Å². The number of halogens is 1. The molecule has 0 aliphatic carbocycles. The summed E-state index contributed by atoms with van der Waals surface area (Å²) in [6.07, 6.45) is 2.79. The molecule has 3 heterocycles. The van der Waals surface area contributed by atoms with E-state index >= 15 is 0 Å². The van der Waals surface area contributed by atoms with Crippen molar-refractivity contribution in [3.8, 4) is 0 Å². The minimum atomic E-state index is -3.93. The Bertz CT molecular complexity index is 1080. The van der Waals surface area contributed by atoms with Crippen molar-refractivity contribution in [3.05, 3.63) is 39.9 Å². The summed E-state index contributed by atoms with van der Waals surface area (Å²) >= 11 is 6.08. The summed E-state index contributed by atoms with van der Waals surface area (Å²) < 4.78 is 34.6. The Hall–Kier alpha value is -2.17. The average molecular weight is 370 g/mol. The van der Waals surface area contributed by atoms with E-state index in [4.69, 9.17) is 16.0 Å². The smallest absolute Gasteiger partial charge is 0.408 e. The Kier molecular flexibility index (Phi) is 3.48. The molecular formula is C13H12ClN5O4S. The number of oxazole rings is 1. The van der Waals surface area contributed by atoms with Crippen LogP contribution in [0.5, 0.6) is 0 Å². The summed E-state index contributed by atoms with van der Waals surface area (Å²) in [4.78, 5) is 17.6. The standard InChI is InChI=1S/C13H12ClN5O4S/c14-7-4-9-10(23-13(20)17-9)5-11(7)24(21,22)18-8-2-1-3-19-12(8)15-6-16-19/h4-6,8,18H,1-3H2,(H,17,20). The zero-order valence-electron chi connectivity index (χ0n) is 12.2. The van der Waals surface area contributed by atoms with Crippen LogP contribution in [-0.4, -0.2) is 28.2 Å². The van der Waals surface area contributed by atoms with E-state index in [1.54, 1.807) is 4.68 Å². The van der Waals surface area contributed by atoms with Gasteiger partial charge < -0.3 is 4.42 Å². The first kappa shape index (κ1) is 15.4. The molecule has 0 saturated heterocycles. The Balaban J connectivity index is 1.74. The molecule has 1 aliphatic heterocycles. The Morgan fingerprint density at radius 1 is 1.42 bits per heavy atom.